The first-order chi connectivity index (χ1) is 10.7. The van der Waals surface area contributed by atoms with E-state index in [1.807, 2.05) is 0 Å². The van der Waals surface area contributed by atoms with Crippen LogP contribution in [-0.4, -0.2) is 49.1 Å². The van der Waals surface area contributed by atoms with Crippen LogP contribution >= 0.6 is 0 Å². The van der Waals surface area contributed by atoms with Crippen molar-refractivity contribution in [3.63, 3.8) is 0 Å². The zero-order valence-corrected chi connectivity index (χ0v) is 11.7. The highest BCUT2D eigenvalue weighted by Gasteiger charge is 2.41. The Morgan fingerprint density at radius 2 is 1.29 bits per heavy atom. The second kappa shape index (κ2) is 8.35. The predicted molar refractivity (Wildman–Crippen MR) is 60.3 cm³/mol. The van der Waals surface area contributed by atoms with Gasteiger partial charge in [0.2, 0.25) is 0 Å². The second-order valence-electron chi connectivity index (χ2n) is 4.04. The average molecular weight is 368 g/mol. The highest BCUT2D eigenvalue weighted by Crippen LogP contribution is 2.15. The number of rotatable bonds is 4. The number of amides is 4. The van der Waals surface area contributed by atoms with Crippen LogP contribution in [0.4, 0.5) is 35.9 Å². The normalized spacial score (nSPS) is 12.8. The lowest BCUT2D eigenvalue weighted by Gasteiger charge is -2.14. The van der Waals surface area contributed by atoms with E-state index < -0.39 is 49.1 Å². The summed E-state index contributed by atoms with van der Waals surface area (Å²) in [6, 6.07) is 0. The minimum Gasteiger partial charge on any atom is -0.449 e. The van der Waals surface area contributed by atoms with Gasteiger partial charge in [-0.25, -0.2) is 9.59 Å². The molecule has 0 aliphatic rings. The second-order valence-corrected chi connectivity index (χ2v) is 4.04. The molecule has 0 aliphatic heterocycles. The summed E-state index contributed by atoms with van der Waals surface area (Å²) in [6.45, 7) is 0.512. The number of nitrogens with one attached hydrogen (secondary N) is 2. The molecule has 8 nitrogen and oxygen atoms in total. The maximum absolute atomic E-state index is 11.8. The number of hydrogen-bond donors (Lipinski definition) is 2. The number of carbonyl (C=O) groups is 4. The van der Waals surface area contributed by atoms with Crippen molar-refractivity contribution < 1.29 is 55.0 Å². The number of imide groups is 2. The van der Waals surface area contributed by atoms with E-state index in [1.54, 1.807) is 0 Å². The number of hydrogen-bond acceptors (Lipinski definition) is 6. The zero-order valence-electron chi connectivity index (χ0n) is 11.7. The topological polar surface area (TPSA) is 111 Å². The quantitative estimate of drug-likeness (QED) is 0.726. The molecular weight excluding hydrogens is 358 g/mol. The molecule has 0 rings (SSSR count). The van der Waals surface area contributed by atoms with Gasteiger partial charge in [0.1, 0.15) is 6.10 Å². The van der Waals surface area contributed by atoms with Crippen molar-refractivity contribution in [1.82, 2.24) is 10.6 Å². The summed E-state index contributed by atoms with van der Waals surface area (Å²) >= 11 is 0. The molecule has 0 aromatic carbocycles. The predicted octanol–water partition coefficient (Wildman–Crippen LogP) is 1.40. The van der Waals surface area contributed by atoms with Gasteiger partial charge in [-0.15, -0.1) is 0 Å². The van der Waals surface area contributed by atoms with Crippen LogP contribution in [0, 0.1) is 0 Å². The van der Waals surface area contributed by atoms with Gasteiger partial charge in [0.05, 0.1) is 6.61 Å². The first kappa shape index (κ1) is 21.5. The molecule has 0 aliphatic carbocycles. The Hall–Kier alpha value is -2.54. The molecule has 138 valence electrons. The van der Waals surface area contributed by atoms with Gasteiger partial charge in [-0.1, -0.05) is 0 Å². The SMILES string of the molecule is C[C@@H](CCOC(=O)NC(=O)C(F)(F)F)OC(=O)NC(=O)C(F)(F)F. The van der Waals surface area contributed by atoms with Gasteiger partial charge in [0.25, 0.3) is 0 Å². The summed E-state index contributed by atoms with van der Waals surface area (Å²) in [4.78, 5) is 42.5. The summed E-state index contributed by atoms with van der Waals surface area (Å²) in [5.74, 6) is -5.11. The minimum atomic E-state index is -5.30. The molecule has 0 aromatic rings. The van der Waals surface area contributed by atoms with Crippen LogP contribution in [0.5, 0.6) is 0 Å². The number of halogens is 6. The summed E-state index contributed by atoms with van der Waals surface area (Å²) in [5.41, 5.74) is 0. The fraction of sp³-hybridized carbons (Fsp3) is 0.600. The molecule has 0 unspecified atom stereocenters. The van der Waals surface area contributed by atoms with Crippen LogP contribution < -0.4 is 10.6 Å². The largest absolute Gasteiger partial charge is 0.471 e. The molecule has 0 saturated carbocycles. The molecule has 0 aromatic heterocycles. The lowest BCUT2D eigenvalue weighted by molar-refractivity contribution is -0.172. The Morgan fingerprint density at radius 3 is 1.71 bits per heavy atom. The molecule has 4 amide bonds. The standard InChI is InChI=1S/C10H10F6N2O6/c1-4(24-8(22)18-6(20)10(14,15)16)2-3-23-7(21)17-5(19)9(11,12)13/h4H,2-3H2,1H3,(H,17,19,21)(H,18,20,22)/t4-/m0/s1. The third-order valence-corrected chi connectivity index (χ3v) is 2.01. The van der Waals surface area contributed by atoms with E-state index in [-0.39, 0.29) is 6.42 Å². The van der Waals surface area contributed by atoms with Gasteiger partial charge in [-0.3, -0.25) is 20.2 Å². The van der Waals surface area contributed by atoms with Gasteiger partial charge in [0, 0.05) is 6.42 Å². The van der Waals surface area contributed by atoms with E-state index in [2.05, 4.69) is 9.47 Å². The van der Waals surface area contributed by atoms with Gasteiger partial charge in [-0.2, -0.15) is 26.3 Å². The van der Waals surface area contributed by atoms with E-state index in [4.69, 9.17) is 0 Å². The number of alkyl halides is 6. The minimum absolute atomic E-state index is 0.332. The molecule has 0 saturated heterocycles. The van der Waals surface area contributed by atoms with Crippen molar-refractivity contribution in [2.75, 3.05) is 6.61 Å². The van der Waals surface area contributed by atoms with Crippen LogP contribution in [-0.2, 0) is 19.1 Å². The molecule has 0 bridgehead atoms. The first-order valence-corrected chi connectivity index (χ1v) is 5.87. The molecule has 0 heterocycles. The van der Waals surface area contributed by atoms with Crippen molar-refractivity contribution in [2.45, 2.75) is 31.8 Å². The Labute approximate surface area is 129 Å². The molecule has 0 spiro atoms. The maximum Gasteiger partial charge on any atom is 0.471 e. The molecule has 0 radical (unpaired) electrons. The Bertz CT molecular complexity index is 503. The van der Waals surface area contributed by atoms with E-state index in [0.717, 1.165) is 17.6 Å². The van der Waals surface area contributed by atoms with Crippen molar-refractivity contribution >= 4 is 24.0 Å². The highest BCUT2D eigenvalue weighted by molar-refractivity contribution is 5.95. The number of carbonyl (C=O) groups excluding carboxylic acids is 4. The van der Waals surface area contributed by atoms with Crippen LogP contribution in [0.15, 0.2) is 0 Å². The van der Waals surface area contributed by atoms with E-state index in [0.29, 0.717) is 0 Å². The van der Waals surface area contributed by atoms with Crippen LogP contribution in [0.25, 0.3) is 0 Å². The third-order valence-electron chi connectivity index (χ3n) is 2.01. The van der Waals surface area contributed by atoms with Crippen molar-refractivity contribution in [2.24, 2.45) is 0 Å². The maximum atomic E-state index is 11.8. The molecular formula is C10H10F6N2O6. The van der Waals surface area contributed by atoms with Crippen molar-refractivity contribution in [3.8, 4) is 0 Å². The summed E-state index contributed by atoms with van der Waals surface area (Å²) in [6.07, 6.45) is -15.5. The lowest BCUT2D eigenvalue weighted by Crippen LogP contribution is -2.42. The summed E-state index contributed by atoms with van der Waals surface area (Å²) < 4.78 is 79.4. The highest BCUT2D eigenvalue weighted by atomic mass is 19.4. The van der Waals surface area contributed by atoms with Crippen LogP contribution in [0.2, 0.25) is 0 Å². The average Bonchev–Trinajstić information content (AvgIpc) is 2.35. The van der Waals surface area contributed by atoms with Gasteiger partial charge in [0.15, 0.2) is 0 Å². The van der Waals surface area contributed by atoms with Crippen molar-refractivity contribution in [3.05, 3.63) is 0 Å². The Kier molecular flexibility index (Phi) is 7.47. The molecule has 0 fully saturated rings. The fourth-order valence-electron chi connectivity index (χ4n) is 0.952. The molecule has 2 N–H and O–H groups in total. The monoisotopic (exact) mass is 368 g/mol. The van der Waals surface area contributed by atoms with Crippen LogP contribution in [0.1, 0.15) is 13.3 Å². The summed E-state index contributed by atoms with van der Waals surface area (Å²) in [5, 5.41) is 1.74. The molecule has 14 heteroatoms. The number of alkyl carbamates (subject to hydrolysis) is 2. The zero-order chi connectivity index (χ0) is 19.1. The van der Waals surface area contributed by atoms with E-state index >= 15 is 0 Å². The Balaban J connectivity index is 4.08. The summed E-state index contributed by atoms with van der Waals surface area (Å²) in [7, 11) is 0. The van der Waals surface area contributed by atoms with E-state index in [9.17, 15) is 45.5 Å². The number of ether oxygens (including phenoxy) is 2. The van der Waals surface area contributed by atoms with Gasteiger partial charge in [-0.05, 0) is 6.92 Å². The van der Waals surface area contributed by atoms with E-state index in [1.165, 1.54) is 0 Å². The first-order valence-electron chi connectivity index (χ1n) is 5.87. The third kappa shape index (κ3) is 8.79. The molecule has 24 heavy (non-hydrogen) atoms. The molecule has 1 atom stereocenters. The van der Waals surface area contributed by atoms with Crippen LogP contribution in [0.3, 0.4) is 0 Å². The Morgan fingerprint density at radius 1 is 0.875 bits per heavy atom. The van der Waals surface area contributed by atoms with Gasteiger partial charge >= 0.3 is 36.4 Å². The smallest absolute Gasteiger partial charge is 0.449 e. The lowest BCUT2D eigenvalue weighted by atomic mass is 10.3. The fourth-order valence-corrected chi connectivity index (χ4v) is 0.952. The van der Waals surface area contributed by atoms with Crippen molar-refractivity contribution in [1.29, 1.82) is 0 Å². The van der Waals surface area contributed by atoms with Gasteiger partial charge < -0.3 is 9.47 Å².